The number of nitrogens with one attached hydrogen (secondary N) is 1. The van der Waals surface area contributed by atoms with Crippen molar-refractivity contribution in [1.29, 1.82) is 5.26 Å². The molecule has 3 N–H and O–H groups in total. The number of hydrogen-bond donors (Lipinski definition) is 2. The number of nitrogen functional groups attached to an aromatic ring is 1. The zero-order chi connectivity index (χ0) is 15.2. The van der Waals surface area contributed by atoms with E-state index in [0.29, 0.717) is 35.5 Å². The van der Waals surface area contributed by atoms with E-state index in [4.69, 9.17) is 15.7 Å². The number of hydrogen-bond acceptors (Lipinski definition) is 5. The highest BCUT2D eigenvalue weighted by molar-refractivity contribution is 5.61. The van der Waals surface area contributed by atoms with Crippen molar-refractivity contribution in [3.8, 4) is 11.9 Å². The summed E-state index contributed by atoms with van der Waals surface area (Å²) in [6.07, 6.45) is 0. The number of nitriles is 1. The van der Waals surface area contributed by atoms with Crippen LogP contribution in [0.2, 0.25) is 0 Å². The number of ether oxygens (including phenoxy) is 1. The van der Waals surface area contributed by atoms with Gasteiger partial charge in [0.2, 0.25) is 5.88 Å². The van der Waals surface area contributed by atoms with Crippen LogP contribution >= 0.6 is 0 Å². The minimum Gasteiger partial charge on any atom is -0.476 e. The summed E-state index contributed by atoms with van der Waals surface area (Å²) in [5.74, 6) is 1.44. The van der Waals surface area contributed by atoms with E-state index >= 15 is 0 Å². The molecule has 0 aliphatic carbocycles. The van der Waals surface area contributed by atoms with Crippen molar-refractivity contribution < 1.29 is 4.74 Å². The monoisotopic (exact) mass is 282 g/mol. The van der Waals surface area contributed by atoms with Gasteiger partial charge in [-0.25, -0.2) is 0 Å². The predicted octanol–water partition coefficient (Wildman–Crippen LogP) is 3.31. The first kappa shape index (κ1) is 14.7. The van der Waals surface area contributed by atoms with Crippen molar-refractivity contribution in [3.63, 3.8) is 0 Å². The second kappa shape index (κ2) is 6.62. The van der Waals surface area contributed by atoms with Crippen molar-refractivity contribution >= 4 is 17.2 Å². The quantitative estimate of drug-likeness (QED) is 0.878. The zero-order valence-electron chi connectivity index (χ0n) is 12.1. The number of pyridine rings is 1. The predicted molar refractivity (Wildman–Crippen MR) is 83.4 cm³/mol. The number of benzene rings is 1. The fraction of sp³-hybridized carbons (Fsp3) is 0.250. The second-order valence-corrected chi connectivity index (χ2v) is 5.11. The molecule has 0 saturated carbocycles. The number of rotatable bonds is 5. The largest absolute Gasteiger partial charge is 0.476 e. The van der Waals surface area contributed by atoms with Crippen LogP contribution in [0, 0.1) is 17.2 Å². The van der Waals surface area contributed by atoms with Gasteiger partial charge >= 0.3 is 0 Å². The first-order valence-electron chi connectivity index (χ1n) is 6.75. The van der Waals surface area contributed by atoms with Gasteiger partial charge in [0.25, 0.3) is 0 Å². The molecular weight excluding hydrogens is 264 g/mol. The van der Waals surface area contributed by atoms with Crippen LogP contribution in [-0.4, -0.2) is 11.6 Å². The van der Waals surface area contributed by atoms with E-state index in [2.05, 4.69) is 30.2 Å². The summed E-state index contributed by atoms with van der Waals surface area (Å²) < 4.78 is 5.59. The smallest absolute Gasteiger partial charge is 0.239 e. The zero-order valence-corrected chi connectivity index (χ0v) is 12.1. The summed E-state index contributed by atoms with van der Waals surface area (Å²) in [7, 11) is 0. The Morgan fingerprint density at radius 3 is 2.86 bits per heavy atom. The van der Waals surface area contributed by atoms with Crippen molar-refractivity contribution in [2.45, 2.75) is 13.8 Å². The van der Waals surface area contributed by atoms with E-state index in [1.165, 1.54) is 0 Å². The molecule has 5 nitrogen and oxygen atoms in total. The maximum absolute atomic E-state index is 8.90. The molecular formula is C16H18N4O. The van der Waals surface area contributed by atoms with Crippen LogP contribution in [0.5, 0.6) is 5.88 Å². The Morgan fingerprint density at radius 1 is 1.33 bits per heavy atom. The maximum atomic E-state index is 8.90. The van der Waals surface area contributed by atoms with E-state index in [-0.39, 0.29) is 0 Å². The fourth-order valence-electron chi connectivity index (χ4n) is 1.70. The van der Waals surface area contributed by atoms with Crippen LogP contribution in [0.15, 0.2) is 36.4 Å². The van der Waals surface area contributed by atoms with Gasteiger partial charge in [0.1, 0.15) is 5.82 Å². The summed E-state index contributed by atoms with van der Waals surface area (Å²) in [4.78, 5) is 4.35. The van der Waals surface area contributed by atoms with Crippen LogP contribution < -0.4 is 15.8 Å². The third-order valence-corrected chi connectivity index (χ3v) is 2.71. The minimum absolute atomic E-state index is 0.398. The van der Waals surface area contributed by atoms with Gasteiger partial charge in [0.05, 0.1) is 23.9 Å². The molecule has 2 rings (SSSR count). The fourth-order valence-corrected chi connectivity index (χ4v) is 1.70. The van der Waals surface area contributed by atoms with E-state index in [1.807, 2.05) is 12.1 Å². The first-order chi connectivity index (χ1) is 10.1. The number of anilines is 3. The Morgan fingerprint density at radius 2 is 2.14 bits per heavy atom. The Balaban J connectivity index is 2.16. The maximum Gasteiger partial charge on any atom is 0.239 e. The molecule has 0 unspecified atom stereocenters. The van der Waals surface area contributed by atoms with Crippen molar-refractivity contribution in [2.24, 2.45) is 5.92 Å². The van der Waals surface area contributed by atoms with E-state index in [0.717, 1.165) is 5.69 Å². The number of nitrogens with zero attached hydrogens (tertiary/aromatic N) is 2. The normalized spacial score (nSPS) is 10.2. The molecule has 0 bridgehead atoms. The molecule has 0 aliphatic heterocycles. The molecule has 108 valence electrons. The summed E-state index contributed by atoms with van der Waals surface area (Å²) in [6, 6.07) is 12.8. The molecule has 0 amide bonds. The summed E-state index contributed by atoms with van der Waals surface area (Å²) in [5.41, 5.74) is 7.75. The molecule has 2 aromatic rings. The molecule has 0 spiro atoms. The number of nitrogens with two attached hydrogens (primary N) is 1. The van der Waals surface area contributed by atoms with Gasteiger partial charge in [-0.1, -0.05) is 19.9 Å². The van der Waals surface area contributed by atoms with E-state index < -0.39 is 0 Å². The lowest BCUT2D eigenvalue weighted by molar-refractivity contribution is 0.263. The highest BCUT2D eigenvalue weighted by Gasteiger charge is 2.06. The summed E-state index contributed by atoms with van der Waals surface area (Å²) in [5, 5.41) is 12.0. The molecule has 0 fully saturated rings. The van der Waals surface area contributed by atoms with Crippen LogP contribution in [0.3, 0.4) is 0 Å². The standard InChI is InChI=1S/C16H18N4O/c1-11(2)10-21-16-14(18)6-7-15(20-16)19-13-5-3-4-12(8-13)9-17/h3-8,11H,10,18H2,1-2H3,(H,19,20). The van der Waals surface area contributed by atoms with Crippen LogP contribution in [0.25, 0.3) is 0 Å². The van der Waals surface area contributed by atoms with Crippen molar-refractivity contribution in [1.82, 2.24) is 4.98 Å². The average Bonchev–Trinajstić information content (AvgIpc) is 2.48. The minimum atomic E-state index is 0.398. The lowest BCUT2D eigenvalue weighted by Crippen LogP contribution is -2.08. The van der Waals surface area contributed by atoms with E-state index in [9.17, 15) is 0 Å². The highest BCUT2D eigenvalue weighted by Crippen LogP contribution is 2.24. The van der Waals surface area contributed by atoms with Gasteiger partial charge in [0, 0.05) is 5.69 Å². The molecule has 0 saturated heterocycles. The summed E-state index contributed by atoms with van der Waals surface area (Å²) in [6.45, 7) is 4.68. The summed E-state index contributed by atoms with van der Waals surface area (Å²) >= 11 is 0. The van der Waals surface area contributed by atoms with Crippen molar-refractivity contribution in [2.75, 3.05) is 17.7 Å². The Labute approximate surface area is 124 Å². The van der Waals surface area contributed by atoms with Crippen LogP contribution in [0.1, 0.15) is 19.4 Å². The van der Waals surface area contributed by atoms with Crippen LogP contribution in [-0.2, 0) is 0 Å². The third-order valence-electron chi connectivity index (χ3n) is 2.71. The number of aromatic nitrogens is 1. The highest BCUT2D eigenvalue weighted by atomic mass is 16.5. The molecule has 1 aromatic carbocycles. The molecule has 1 aromatic heterocycles. The third kappa shape index (κ3) is 4.11. The molecule has 21 heavy (non-hydrogen) atoms. The van der Waals surface area contributed by atoms with Gasteiger partial charge < -0.3 is 15.8 Å². The molecule has 5 heteroatoms. The van der Waals surface area contributed by atoms with Gasteiger partial charge in [-0.15, -0.1) is 0 Å². The topological polar surface area (TPSA) is 84.0 Å². The average molecular weight is 282 g/mol. The second-order valence-electron chi connectivity index (χ2n) is 5.11. The van der Waals surface area contributed by atoms with Crippen LogP contribution in [0.4, 0.5) is 17.2 Å². The Kier molecular flexibility index (Phi) is 4.62. The lowest BCUT2D eigenvalue weighted by atomic mass is 10.2. The van der Waals surface area contributed by atoms with E-state index in [1.54, 1.807) is 24.3 Å². The molecule has 1 heterocycles. The molecule has 0 radical (unpaired) electrons. The SMILES string of the molecule is CC(C)COc1nc(Nc2cccc(C#N)c2)ccc1N. The Hall–Kier alpha value is -2.74. The van der Waals surface area contributed by atoms with Gasteiger partial charge in [-0.2, -0.15) is 10.2 Å². The molecule has 0 atom stereocenters. The lowest BCUT2D eigenvalue weighted by Gasteiger charge is -2.12. The first-order valence-corrected chi connectivity index (χ1v) is 6.75. The van der Waals surface area contributed by atoms with Gasteiger partial charge in [-0.05, 0) is 36.2 Å². The molecule has 0 aliphatic rings. The van der Waals surface area contributed by atoms with Gasteiger partial charge in [-0.3, -0.25) is 0 Å². The van der Waals surface area contributed by atoms with Crippen molar-refractivity contribution in [3.05, 3.63) is 42.0 Å². The van der Waals surface area contributed by atoms with Gasteiger partial charge in [0.15, 0.2) is 0 Å². The Bertz CT molecular complexity index is 662.